The van der Waals surface area contributed by atoms with Gasteiger partial charge in [0, 0.05) is 17.1 Å². The van der Waals surface area contributed by atoms with Gasteiger partial charge in [0.2, 0.25) is 0 Å². The van der Waals surface area contributed by atoms with Gasteiger partial charge >= 0.3 is 0 Å². The summed E-state index contributed by atoms with van der Waals surface area (Å²) < 4.78 is 5.95. The zero-order valence-corrected chi connectivity index (χ0v) is 14.5. The lowest BCUT2D eigenvalue weighted by atomic mass is 9.94. The minimum absolute atomic E-state index is 0.111. The van der Waals surface area contributed by atoms with E-state index in [2.05, 4.69) is 44.8 Å². The van der Waals surface area contributed by atoms with E-state index < -0.39 is 0 Å². The average Bonchev–Trinajstić information content (AvgIpc) is 2.60. The number of carbonyl (C=O) groups excluding carboxylic acids is 1. The molecule has 23 heavy (non-hydrogen) atoms. The van der Waals surface area contributed by atoms with Crippen LogP contribution in [0.4, 0.5) is 0 Å². The number of fused-ring (bicyclic) bond motifs is 1. The maximum absolute atomic E-state index is 12.5. The first-order chi connectivity index (χ1) is 11.2. The predicted octanol–water partition coefficient (Wildman–Crippen LogP) is 3.07. The maximum atomic E-state index is 12.5. The number of nitrogens with one attached hydrogen (secondary N) is 2. The van der Waals surface area contributed by atoms with Crippen molar-refractivity contribution in [1.82, 2.24) is 10.6 Å². The zero-order valence-electron chi connectivity index (χ0n) is 12.9. The van der Waals surface area contributed by atoms with Crippen LogP contribution in [0, 0.1) is 0 Å². The molecule has 1 heterocycles. The molecular formula is C18H19BrN2O2. The molecular weight excluding hydrogens is 356 g/mol. The summed E-state index contributed by atoms with van der Waals surface area (Å²) in [6.07, 6.45) is 1.03. The molecule has 1 aliphatic rings. The van der Waals surface area contributed by atoms with E-state index in [9.17, 15) is 4.79 Å². The lowest BCUT2D eigenvalue weighted by Gasteiger charge is -2.27. The lowest BCUT2D eigenvalue weighted by Crippen LogP contribution is -2.38. The highest BCUT2D eigenvalue weighted by molar-refractivity contribution is 9.10. The molecule has 0 aromatic heterocycles. The van der Waals surface area contributed by atoms with E-state index in [4.69, 9.17) is 4.74 Å². The summed E-state index contributed by atoms with van der Waals surface area (Å²) >= 11 is 3.42. The van der Waals surface area contributed by atoms with Crippen LogP contribution in [0.3, 0.4) is 0 Å². The Labute approximate surface area is 144 Å². The highest BCUT2D eigenvalue weighted by atomic mass is 79.9. The van der Waals surface area contributed by atoms with Crippen LogP contribution < -0.4 is 15.4 Å². The Morgan fingerprint density at radius 2 is 2.17 bits per heavy atom. The van der Waals surface area contributed by atoms with Gasteiger partial charge < -0.3 is 15.4 Å². The molecule has 3 rings (SSSR count). The second-order valence-corrected chi connectivity index (χ2v) is 6.37. The Balaban J connectivity index is 1.71. The molecule has 120 valence electrons. The maximum Gasteiger partial charge on any atom is 0.252 e. The van der Waals surface area contributed by atoms with Crippen LogP contribution in [0.5, 0.6) is 5.75 Å². The van der Waals surface area contributed by atoms with Crippen LogP contribution in [0.2, 0.25) is 0 Å². The van der Waals surface area contributed by atoms with E-state index in [1.54, 1.807) is 13.2 Å². The van der Waals surface area contributed by atoms with Crippen molar-refractivity contribution < 1.29 is 9.53 Å². The minimum Gasteiger partial charge on any atom is -0.497 e. The third-order valence-corrected chi connectivity index (χ3v) is 4.79. The zero-order chi connectivity index (χ0) is 16.2. The van der Waals surface area contributed by atoms with Crippen LogP contribution in [-0.2, 0) is 6.42 Å². The van der Waals surface area contributed by atoms with Crippen molar-refractivity contribution in [3.05, 3.63) is 63.6 Å². The summed E-state index contributed by atoms with van der Waals surface area (Å²) in [5.41, 5.74) is 3.20. The van der Waals surface area contributed by atoms with E-state index in [0.717, 1.165) is 17.4 Å². The second-order valence-electron chi connectivity index (χ2n) is 5.51. The molecule has 1 aliphatic heterocycles. The summed E-state index contributed by atoms with van der Waals surface area (Å²) in [4.78, 5) is 12.5. The van der Waals surface area contributed by atoms with Crippen LogP contribution >= 0.6 is 15.9 Å². The largest absolute Gasteiger partial charge is 0.497 e. The first-order valence-electron chi connectivity index (χ1n) is 7.62. The molecule has 0 saturated carbocycles. The number of rotatable bonds is 4. The number of ether oxygens (including phenoxy) is 1. The third kappa shape index (κ3) is 3.57. The molecule has 5 heteroatoms. The molecule has 0 radical (unpaired) electrons. The van der Waals surface area contributed by atoms with Crippen LogP contribution in [0.25, 0.3) is 0 Å². The van der Waals surface area contributed by atoms with E-state index in [-0.39, 0.29) is 11.9 Å². The molecule has 1 amide bonds. The number of methoxy groups -OCH3 is 1. The van der Waals surface area contributed by atoms with Gasteiger partial charge in [-0.05, 0) is 58.2 Å². The molecule has 0 bridgehead atoms. The molecule has 2 aromatic carbocycles. The van der Waals surface area contributed by atoms with E-state index >= 15 is 0 Å². The standard InChI is InChI=1S/C18H19BrN2O2/c1-23-13-6-7-16(19)15(10-13)18(22)21-11-17-14-5-3-2-4-12(14)8-9-20-17/h2-7,10,17,20H,8-9,11H2,1H3,(H,21,22). The lowest BCUT2D eigenvalue weighted by molar-refractivity contribution is 0.0948. The molecule has 2 aromatic rings. The molecule has 0 spiro atoms. The highest BCUT2D eigenvalue weighted by Crippen LogP contribution is 2.24. The summed E-state index contributed by atoms with van der Waals surface area (Å²) in [6, 6.07) is 13.9. The number of benzene rings is 2. The van der Waals surface area contributed by atoms with Gasteiger partial charge in [0.05, 0.1) is 12.7 Å². The first kappa shape index (κ1) is 16.0. The fourth-order valence-corrected chi connectivity index (χ4v) is 3.30. The Morgan fingerprint density at radius 1 is 1.35 bits per heavy atom. The topological polar surface area (TPSA) is 50.4 Å². The van der Waals surface area contributed by atoms with E-state index in [1.807, 2.05) is 18.2 Å². The average molecular weight is 375 g/mol. The van der Waals surface area contributed by atoms with Gasteiger partial charge in [-0.15, -0.1) is 0 Å². The number of carbonyl (C=O) groups is 1. The van der Waals surface area contributed by atoms with Crippen molar-refractivity contribution in [2.24, 2.45) is 0 Å². The van der Waals surface area contributed by atoms with Crippen molar-refractivity contribution >= 4 is 21.8 Å². The summed E-state index contributed by atoms with van der Waals surface area (Å²) in [7, 11) is 1.59. The molecule has 0 saturated heterocycles. The second kappa shape index (κ2) is 7.15. The van der Waals surface area contributed by atoms with E-state index in [0.29, 0.717) is 17.9 Å². The monoisotopic (exact) mass is 374 g/mol. The van der Waals surface area contributed by atoms with Crippen molar-refractivity contribution in [2.45, 2.75) is 12.5 Å². The van der Waals surface area contributed by atoms with Gasteiger partial charge in [0.15, 0.2) is 0 Å². The van der Waals surface area contributed by atoms with Crippen molar-refractivity contribution in [3.8, 4) is 5.75 Å². The Kier molecular flexibility index (Phi) is 4.98. The number of hydrogen-bond acceptors (Lipinski definition) is 3. The Morgan fingerprint density at radius 3 is 3.00 bits per heavy atom. The van der Waals surface area contributed by atoms with Gasteiger partial charge in [-0.1, -0.05) is 24.3 Å². The van der Waals surface area contributed by atoms with Gasteiger partial charge in [-0.2, -0.15) is 0 Å². The fourth-order valence-electron chi connectivity index (χ4n) is 2.87. The number of amides is 1. The first-order valence-corrected chi connectivity index (χ1v) is 8.41. The van der Waals surface area contributed by atoms with Gasteiger partial charge in [0.25, 0.3) is 5.91 Å². The van der Waals surface area contributed by atoms with E-state index in [1.165, 1.54) is 11.1 Å². The summed E-state index contributed by atoms with van der Waals surface area (Å²) in [6.45, 7) is 1.49. The Bertz CT molecular complexity index is 718. The molecule has 1 atom stereocenters. The number of halogens is 1. The number of hydrogen-bond donors (Lipinski definition) is 2. The van der Waals surface area contributed by atoms with Crippen LogP contribution in [0.15, 0.2) is 46.9 Å². The van der Waals surface area contributed by atoms with Gasteiger partial charge in [-0.3, -0.25) is 4.79 Å². The van der Waals surface area contributed by atoms with Crippen LogP contribution in [0.1, 0.15) is 27.5 Å². The van der Waals surface area contributed by atoms with Crippen molar-refractivity contribution in [2.75, 3.05) is 20.2 Å². The molecule has 0 aliphatic carbocycles. The predicted molar refractivity (Wildman–Crippen MR) is 93.9 cm³/mol. The summed E-state index contributed by atoms with van der Waals surface area (Å²) in [5, 5.41) is 6.48. The molecule has 0 fully saturated rings. The molecule has 1 unspecified atom stereocenters. The SMILES string of the molecule is COc1ccc(Br)c(C(=O)NCC2NCCc3ccccc32)c1. The Hall–Kier alpha value is -1.85. The van der Waals surface area contributed by atoms with Gasteiger partial charge in [0.1, 0.15) is 5.75 Å². The smallest absolute Gasteiger partial charge is 0.252 e. The minimum atomic E-state index is -0.111. The normalized spacial score (nSPS) is 16.5. The van der Waals surface area contributed by atoms with Crippen molar-refractivity contribution in [1.29, 1.82) is 0 Å². The highest BCUT2D eigenvalue weighted by Gasteiger charge is 2.20. The van der Waals surface area contributed by atoms with Gasteiger partial charge in [-0.25, -0.2) is 0 Å². The quantitative estimate of drug-likeness (QED) is 0.864. The third-order valence-electron chi connectivity index (χ3n) is 4.10. The van der Waals surface area contributed by atoms with Crippen molar-refractivity contribution in [3.63, 3.8) is 0 Å². The molecule has 4 nitrogen and oxygen atoms in total. The summed E-state index contributed by atoms with van der Waals surface area (Å²) in [5.74, 6) is 0.556. The molecule has 2 N–H and O–H groups in total. The van der Waals surface area contributed by atoms with Crippen LogP contribution in [-0.4, -0.2) is 26.1 Å². The fraction of sp³-hybridized carbons (Fsp3) is 0.278.